The zero-order chi connectivity index (χ0) is 18.2. The topological polar surface area (TPSA) is 67.3 Å². The molecule has 0 amide bonds. The van der Waals surface area contributed by atoms with Gasteiger partial charge in [-0.2, -0.15) is 0 Å². The fraction of sp³-hybridized carbons (Fsp3) is 0.263. The molecule has 3 rings (SSSR count). The van der Waals surface area contributed by atoms with Gasteiger partial charge in [-0.05, 0) is 30.2 Å². The molecule has 0 spiro atoms. The van der Waals surface area contributed by atoms with Gasteiger partial charge >= 0.3 is 0 Å². The second kappa shape index (κ2) is 9.56. The lowest BCUT2D eigenvalue weighted by atomic mass is 10.2. The minimum atomic E-state index is -0.565. The maximum Gasteiger partial charge on any atom is 0.206 e. The Bertz CT molecular complexity index is 811. The Morgan fingerprint density at radius 2 is 2.00 bits per heavy atom. The number of nitrogens with one attached hydrogen (secondary N) is 1. The van der Waals surface area contributed by atoms with Crippen molar-refractivity contribution < 1.29 is 9.84 Å². The molecule has 0 aliphatic carbocycles. The zero-order valence-electron chi connectivity index (χ0n) is 14.5. The summed E-state index contributed by atoms with van der Waals surface area (Å²) in [6.45, 7) is 2.99. The first-order chi connectivity index (χ1) is 12.7. The van der Waals surface area contributed by atoms with Crippen LogP contribution in [-0.2, 0) is 6.54 Å². The van der Waals surface area contributed by atoms with Gasteiger partial charge in [0.2, 0.25) is 5.13 Å². The van der Waals surface area contributed by atoms with Gasteiger partial charge in [0, 0.05) is 12.3 Å². The zero-order valence-corrected chi connectivity index (χ0v) is 16.1. The van der Waals surface area contributed by atoms with Crippen LogP contribution in [0.2, 0.25) is 0 Å². The van der Waals surface area contributed by atoms with Gasteiger partial charge in [0.1, 0.15) is 12.4 Å². The number of thioether (sulfide) groups is 1. The van der Waals surface area contributed by atoms with Gasteiger partial charge in [-0.1, -0.05) is 65.6 Å². The van der Waals surface area contributed by atoms with E-state index < -0.39 is 6.10 Å². The quantitative estimate of drug-likeness (QED) is 0.541. The Balaban J connectivity index is 1.39. The fourth-order valence-corrected chi connectivity index (χ4v) is 3.91. The Hall–Kier alpha value is -2.09. The summed E-state index contributed by atoms with van der Waals surface area (Å²) in [4.78, 5) is 0. The molecule has 2 aromatic carbocycles. The van der Waals surface area contributed by atoms with Crippen molar-refractivity contribution in [1.82, 2.24) is 10.2 Å². The molecule has 0 aliphatic heterocycles. The highest BCUT2D eigenvalue weighted by Gasteiger charge is 2.10. The van der Waals surface area contributed by atoms with Crippen molar-refractivity contribution in [3.63, 3.8) is 0 Å². The Labute approximate surface area is 161 Å². The van der Waals surface area contributed by atoms with Crippen LogP contribution in [0.3, 0.4) is 0 Å². The lowest BCUT2D eigenvalue weighted by Gasteiger charge is -2.11. The van der Waals surface area contributed by atoms with Crippen LogP contribution in [0.25, 0.3) is 0 Å². The minimum absolute atomic E-state index is 0.258. The second-order valence-corrected chi connectivity index (χ2v) is 8.05. The Kier molecular flexibility index (Phi) is 6.88. The number of hydrogen-bond donors (Lipinski definition) is 2. The van der Waals surface area contributed by atoms with Crippen molar-refractivity contribution >= 4 is 28.2 Å². The number of aryl methyl sites for hydroxylation is 1. The average molecular weight is 388 g/mol. The van der Waals surface area contributed by atoms with Crippen LogP contribution in [0.1, 0.15) is 11.1 Å². The lowest BCUT2D eigenvalue weighted by molar-refractivity contribution is 0.126. The molecule has 0 unspecified atom stereocenters. The monoisotopic (exact) mass is 387 g/mol. The van der Waals surface area contributed by atoms with E-state index in [2.05, 4.69) is 27.6 Å². The van der Waals surface area contributed by atoms with Gasteiger partial charge in [-0.3, -0.25) is 0 Å². The molecule has 0 fully saturated rings. The summed E-state index contributed by atoms with van der Waals surface area (Å²) in [5.41, 5.74) is 2.33. The predicted octanol–water partition coefficient (Wildman–Crippen LogP) is 3.99. The van der Waals surface area contributed by atoms with E-state index in [-0.39, 0.29) is 6.61 Å². The van der Waals surface area contributed by atoms with Gasteiger partial charge in [0.25, 0.3) is 0 Å². The van der Waals surface area contributed by atoms with E-state index in [1.807, 2.05) is 49.4 Å². The van der Waals surface area contributed by atoms with Gasteiger partial charge in [-0.25, -0.2) is 0 Å². The van der Waals surface area contributed by atoms with E-state index in [0.717, 1.165) is 20.8 Å². The molecule has 5 nitrogen and oxygen atoms in total. The molecule has 0 saturated heterocycles. The molecular formula is C19H21N3O2S2. The summed E-state index contributed by atoms with van der Waals surface area (Å²) in [6.07, 6.45) is -0.565. The third-order valence-corrected chi connectivity index (χ3v) is 5.68. The molecule has 0 aliphatic rings. The van der Waals surface area contributed by atoms with Gasteiger partial charge in [0.15, 0.2) is 4.34 Å². The Morgan fingerprint density at radius 3 is 2.81 bits per heavy atom. The molecular weight excluding hydrogens is 366 g/mol. The van der Waals surface area contributed by atoms with Gasteiger partial charge < -0.3 is 15.2 Å². The van der Waals surface area contributed by atoms with Gasteiger partial charge in [0.05, 0.1) is 6.10 Å². The summed E-state index contributed by atoms with van der Waals surface area (Å²) in [6, 6.07) is 17.9. The van der Waals surface area contributed by atoms with Crippen LogP contribution in [-0.4, -0.2) is 33.8 Å². The van der Waals surface area contributed by atoms with E-state index in [1.54, 1.807) is 0 Å². The fourth-order valence-electron chi connectivity index (χ4n) is 2.23. The molecule has 2 N–H and O–H groups in total. The first-order valence-corrected chi connectivity index (χ1v) is 10.1. The number of benzene rings is 2. The maximum atomic E-state index is 10.1. The molecule has 0 radical (unpaired) electrons. The number of anilines is 1. The first-order valence-electron chi connectivity index (χ1n) is 8.30. The van der Waals surface area contributed by atoms with Crippen molar-refractivity contribution in [2.24, 2.45) is 0 Å². The first kappa shape index (κ1) is 18.7. The normalized spacial score (nSPS) is 11.9. The highest BCUT2D eigenvalue weighted by Crippen LogP contribution is 2.26. The molecule has 0 bridgehead atoms. The number of nitrogens with zero attached hydrogens (tertiary/aromatic N) is 2. The molecule has 0 saturated carbocycles. The Morgan fingerprint density at radius 1 is 1.15 bits per heavy atom. The second-order valence-electron chi connectivity index (χ2n) is 5.80. The number of rotatable bonds is 9. The van der Waals surface area contributed by atoms with E-state index in [1.165, 1.54) is 28.7 Å². The van der Waals surface area contributed by atoms with Crippen LogP contribution in [0.5, 0.6) is 5.75 Å². The molecule has 136 valence electrons. The number of hydrogen-bond acceptors (Lipinski definition) is 7. The average Bonchev–Trinajstić information content (AvgIpc) is 3.12. The molecule has 3 aromatic rings. The number of aliphatic hydroxyl groups is 1. The van der Waals surface area contributed by atoms with E-state index >= 15 is 0 Å². The smallest absolute Gasteiger partial charge is 0.206 e. The van der Waals surface area contributed by atoms with Crippen molar-refractivity contribution in [3.8, 4) is 5.75 Å². The molecule has 7 heteroatoms. The summed E-state index contributed by atoms with van der Waals surface area (Å²) in [5, 5.41) is 22.4. The summed E-state index contributed by atoms with van der Waals surface area (Å²) < 4.78 is 6.45. The molecule has 26 heavy (non-hydrogen) atoms. The van der Waals surface area contributed by atoms with E-state index in [4.69, 9.17) is 4.74 Å². The summed E-state index contributed by atoms with van der Waals surface area (Å²) in [7, 11) is 0. The van der Waals surface area contributed by atoms with Crippen LogP contribution in [0.4, 0.5) is 5.13 Å². The van der Waals surface area contributed by atoms with E-state index in [9.17, 15) is 5.11 Å². The van der Waals surface area contributed by atoms with Crippen LogP contribution >= 0.6 is 23.1 Å². The van der Waals surface area contributed by atoms with Crippen molar-refractivity contribution in [2.45, 2.75) is 23.9 Å². The molecule has 1 heterocycles. The van der Waals surface area contributed by atoms with Crippen LogP contribution in [0.15, 0.2) is 58.9 Å². The van der Waals surface area contributed by atoms with Crippen LogP contribution < -0.4 is 10.1 Å². The number of ether oxygens (including phenoxy) is 1. The predicted molar refractivity (Wildman–Crippen MR) is 107 cm³/mol. The van der Waals surface area contributed by atoms with Crippen molar-refractivity contribution in [2.75, 3.05) is 17.7 Å². The molecule has 1 atom stereocenters. The summed E-state index contributed by atoms with van der Waals surface area (Å²) in [5.74, 6) is 1.29. The minimum Gasteiger partial charge on any atom is -0.491 e. The van der Waals surface area contributed by atoms with E-state index in [0.29, 0.717) is 12.3 Å². The largest absolute Gasteiger partial charge is 0.491 e. The van der Waals surface area contributed by atoms with Crippen LogP contribution in [0, 0.1) is 6.92 Å². The number of aromatic nitrogens is 2. The lowest BCUT2D eigenvalue weighted by Crippen LogP contribution is -2.20. The maximum absolute atomic E-state index is 10.1. The molecule has 1 aromatic heterocycles. The standard InChI is InChI=1S/C19H21N3O2S2/c1-14-6-5-9-17(10-14)24-12-16(23)13-25-19-22-21-18(26-19)20-11-15-7-3-2-4-8-15/h2-10,16,23H,11-13H2,1H3,(H,20,21)/t16-/m0/s1. The van der Waals surface area contributed by atoms with Gasteiger partial charge in [-0.15, -0.1) is 10.2 Å². The SMILES string of the molecule is Cc1cccc(OC[C@H](O)CSc2nnc(NCc3ccccc3)s2)c1. The van der Waals surface area contributed by atoms with Crippen molar-refractivity contribution in [3.05, 3.63) is 65.7 Å². The summed E-state index contributed by atoms with van der Waals surface area (Å²) >= 11 is 2.97. The third kappa shape index (κ3) is 6.01. The van der Waals surface area contributed by atoms with Crippen molar-refractivity contribution in [1.29, 1.82) is 0 Å². The number of aliphatic hydroxyl groups excluding tert-OH is 1. The highest BCUT2D eigenvalue weighted by molar-refractivity contribution is 8.01. The third-order valence-electron chi connectivity index (χ3n) is 3.52. The highest BCUT2D eigenvalue weighted by atomic mass is 32.2.